The van der Waals surface area contributed by atoms with Gasteiger partial charge in [-0.25, -0.2) is 4.79 Å². The Morgan fingerprint density at radius 2 is 2.15 bits per heavy atom. The van der Waals surface area contributed by atoms with Crippen molar-refractivity contribution >= 4 is 22.7 Å². The van der Waals surface area contributed by atoms with Gasteiger partial charge in [-0.3, -0.25) is 14.8 Å². The number of alkyl carbamates (subject to hydrolysis) is 1. The Hall–Kier alpha value is -2.68. The van der Waals surface area contributed by atoms with E-state index in [0.717, 1.165) is 12.8 Å². The number of amides is 1. The molecule has 1 aromatic carbocycles. The molecule has 146 valence electrons. The van der Waals surface area contributed by atoms with E-state index in [4.69, 9.17) is 9.47 Å². The summed E-state index contributed by atoms with van der Waals surface area (Å²) < 4.78 is 12.6. The second kappa shape index (κ2) is 7.15. The number of nitrogens with one attached hydrogen (secondary N) is 1. The van der Waals surface area contributed by atoms with Crippen molar-refractivity contribution in [1.29, 1.82) is 0 Å². The monoisotopic (exact) mass is 376 g/mol. The highest BCUT2D eigenvalue weighted by Crippen LogP contribution is 2.29. The summed E-state index contributed by atoms with van der Waals surface area (Å²) in [4.78, 5) is 22.8. The molecule has 1 aliphatic rings. The van der Waals surface area contributed by atoms with Crippen molar-refractivity contribution in [1.82, 2.24) is 15.1 Å². The lowest BCUT2D eigenvalue weighted by Gasteiger charge is -2.37. The first-order valence-corrected chi connectivity index (χ1v) is 8.84. The molecule has 1 N–H and O–H groups in total. The minimum atomic E-state index is -0.553. The number of fused-ring (bicyclic) bond motifs is 1. The molecule has 1 aromatic heterocycles. The van der Waals surface area contributed by atoms with Crippen molar-refractivity contribution in [3.63, 3.8) is 0 Å². The first-order chi connectivity index (χ1) is 12.6. The molecule has 0 saturated heterocycles. The topological polar surface area (TPSA) is 109 Å². The molecule has 0 spiro atoms. The number of hydrogen-bond acceptors (Lipinski definition) is 6. The lowest BCUT2D eigenvalue weighted by molar-refractivity contribution is -0.383. The predicted octanol–water partition coefficient (Wildman–Crippen LogP) is 3.05. The molecule has 0 bridgehead atoms. The van der Waals surface area contributed by atoms with E-state index in [9.17, 15) is 14.9 Å². The van der Waals surface area contributed by atoms with Crippen LogP contribution < -0.4 is 5.32 Å². The van der Waals surface area contributed by atoms with Crippen LogP contribution in [0.2, 0.25) is 0 Å². The SMILES string of the molecule is Cn1ncc2cc(CO[C@@H]3CC[C@H]3NC(=O)OC(C)(C)C)cc([N+](=O)[O-])c21. The maximum absolute atomic E-state index is 11.9. The van der Waals surface area contributed by atoms with Gasteiger partial charge in [-0.15, -0.1) is 0 Å². The Morgan fingerprint density at radius 1 is 1.41 bits per heavy atom. The number of carbonyl (C=O) groups is 1. The minimum absolute atomic E-state index is 0.00291. The molecule has 1 aliphatic carbocycles. The van der Waals surface area contributed by atoms with E-state index in [1.165, 1.54) is 10.7 Å². The summed E-state index contributed by atoms with van der Waals surface area (Å²) >= 11 is 0. The van der Waals surface area contributed by atoms with Gasteiger partial charge in [0.15, 0.2) is 0 Å². The van der Waals surface area contributed by atoms with E-state index < -0.39 is 16.6 Å². The second-order valence-electron chi connectivity index (χ2n) is 7.76. The fraction of sp³-hybridized carbons (Fsp3) is 0.556. The van der Waals surface area contributed by atoms with Crippen LogP contribution in [0.1, 0.15) is 39.2 Å². The zero-order valence-electron chi connectivity index (χ0n) is 15.9. The number of ether oxygens (including phenoxy) is 2. The van der Waals surface area contributed by atoms with Crippen molar-refractivity contribution in [2.45, 2.75) is 58.0 Å². The van der Waals surface area contributed by atoms with Gasteiger partial charge in [-0.1, -0.05) is 0 Å². The van der Waals surface area contributed by atoms with Crippen molar-refractivity contribution in [2.24, 2.45) is 7.05 Å². The molecule has 9 nitrogen and oxygen atoms in total. The summed E-state index contributed by atoms with van der Waals surface area (Å²) in [7, 11) is 1.67. The van der Waals surface area contributed by atoms with Crippen LogP contribution in [-0.2, 0) is 23.1 Å². The van der Waals surface area contributed by atoms with Crippen molar-refractivity contribution in [3.05, 3.63) is 34.0 Å². The van der Waals surface area contributed by atoms with E-state index in [0.29, 0.717) is 16.5 Å². The van der Waals surface area contributed by atoms with Gasteiger partial charge in [0.25, 0.3) is 5.69 Å². The van der Waals surface area contributed by atoms with Crippen LogP contribution >= 0.6 is 0 Å². The first kappa shape index (κ1) is 19.1. The molecule has 1 fully saturated rings. The van der Waals surface area contributed by atoms with Crippen LogP contribution in [0.25, 0.3) is 10.9 Å². The number of benzene rings is 1. The van der Waals surface area contributed by atoms with Gasteiger partial charge in [-0.05, 0) is 45.2 Å². The van der Waals surface area contributed by atoms with Crippen LogP contribution in [0.4, 0.5) is 10.5 Å². The fourth-order valence-electron chi connectivity index (χ4n) is 3.08. The zero-order chi connectivity index (χ0) is 19.8. The van der Waals surface area contributed by atoms with Gasteiger partial charge in [0, 0.05) is 18.5 Å². The normalized spacial score (nSPS) is 19.6. The molecule has 2 aromatic rings. The molecule has 1 heterocycles. The minimum Gasteiger partial charge on any atom is -0.444 e. The molecule has 27 heavy (non-hydrogen) atoms. The highest BCUT2D eigenvalue weighted by atomic mass is 16.6. The molecule has 0 unspecified atom stereocenters. The quantitative estimate of drug-likeness (QED) is 0.634. The third-order valence-corrected chi connectivity index (χ3v) is 4.45. The van der Waals surface area contributed by atoms with E-state index in [1.54, 1.807) is 13.2 Å². The third kappa shape index (κ3) is 4.36. The molecule has 3 rings (SSSR count). The van der Waals surface area contributed by atoms with Crippen LogP contribution in [0.3, 0.4) is 0 Å². The smallest absolute Gasteiger partial charge is 0.407 e. The van der Waals surface area contributed by atoms with Crippen molar-refractivity contribution in [2.75, 3.05) is 0 Å². The number of carbonyl (C=O) groups excluding carboxylic acids is 1. The average Bonchev–Trinajstić information content (AvgIpc) is 2.90. The van der Waals surface area contributed by atoms with Gasteiger partial charge >= 0.3 is 6.09 Å². The first-order valence-electron chi connectivity index (χ1n) is 8.84. The van der Waals surface area contributed by atoms with Crippen LogP contribution in [0, 0.1) is 10.1 Å². The largest absolute Gasteiger partial charge is 0.444 e. The van der Waals surface area contributed by atoms with E-state index >= 15 is 0 Å². The molecule has 2 atom stereocenters. The number of aromatic nitrogens is 2. The number of rotatable bonds is 5. The number of non-ortho nitro benzene ring substituents is 1. The van der Waals surface area contributed by atoms with Crippen molar-refractivity contribution in [3.8, 4) is 0 Å². The number of nitro groups is 1. The summed E-state index contributed by atoms with van der Waals surface area (Å²) in [5.41, 5.74) is 0.632. The lowest BCUT2D eigenvalue weighted by Crippen LogP contribution is -2.52. The van der Waals surface area contributed by atoms with Crippen LogP contribution in [0.15, 0.2) is 18.3 Å². The zero-order valence-corrected chi connectivity index (χ0v) is 15.9. The Kier molecular flexibility index (Phi) is 5.05. The Balaban J connectivity index is 1.63. The van der Waals surface area contributed by atoms with Gasteiger partial charge in [0.1, 0.15) is 11.1 Å². The average molecular weight is 376 g/mol. The predicted molar refractivity (Wildman–Crippen MR) is 98.3 cm³/mol. The molecular formula is C18H24N4O5. The second-order valence-corrected chi connectivity index (χ2v) is 7.76. The summed E-state index contributed by atoms with van der Waals surface area (Å²) in [6.07, 6.45) is 2.63. The number of aryl methyl sites for hydroxylation is 1. The Bertz CT molecular complexity index is 870. The van der Waals surface area contributed by atoms with Gasteiger partial charge in [0.05, 0.1) is 29.9 Å². The van der Waals surface area contributed by atoms with Gasteiger partial charge < -0.3 is 14.8 Å². The Morgan fingerprint density at radius 3 is 2.74 bits per heavy atom. The Labute approximate surface area is 156 Å². The van der Waals surface area contributed by atoms with Gasteiger partial charge in [-0.2, -0.15) is 5.10 Å². The maximum atomic E-state index is 11.9. The van der Waals surface area contributed by atoms with Crippen LogP contribution in [-0.4, -0.2) is 38.5 Å². The maximum Gasteiger partial charge on any atom is 0.407 e. The molecule has 9 heteroatoms. The summed E-state index contributed by atoms with van der Waals surface area (Å²) in [5, 5.41) is 19.0. The molecule has 0 radical (unpaired) electrons. The molecule has 1 amide bonds. The molecular weight excluding hydrogens is 352 g/mol. The molecule has 0 aliphatic heterocycles. The van der Waals surface area contributed by atoms with E-state index in [2.05, 4.69) is 10.4 Å². The lowest BCUT2D eigenvalue weighted by atomic mass is 9.89. The summed E-state index contributed by atoms with van der Waals surface area (Å²) in [5.74, 6) is 0. The number of nitrogens with zero attached hydrogens (tertiary/aromatic N) is 3. The van der Waals surface area contributed by atoms with E-state index in [-0.39, 0.29) is 24.4 Å². The van der Waals surface area contributed by atoms with Crippen molar-refractivity contribution < 1.29 is 19.2 Å². The standard InChI is InChI=1S/C18H24N4O5/c1-18(2,3)27-17(23)20-13-5-6-15(13)26-10-11-7-12-9-19-21(4)16(12)14(8-11)22(24)25/h7-9,13,15H,5-6,10H2,1-4H3,(H,20,23)/t13-,15-/m1/s1. The van der Waals surface area contributed by atoms with Crippen LogP contribution in [0.5, 0.6) is 0 Å². The highest BCUT2D eigenvalue weighted by Gasteiger charge is 2.34. The third-order valence-electron chi connectivity index (χ3n) is 4.45. The molecule has 1 saturated carbocycles. The van der Waals surface area contributed by atoms with Gasteiger partial charge in [0.2, 0.25) is 0 Å². The number of nitro benzene ring substituents is 1. The summed E-state index contributed by atoms with van der Waals surface area (Å²) in [6, 6.07) is 3.24. The number of hydrogen-bond donors (Lipinski definition) is 1. The van der Waals surface area contributed by atoms with E-state index in [1.807, 2.05) is 26.8 Å². The summed E-state index contributed by atoms with van der Waals surface area (Å²) in [6.45, 7) is 5.65. The fourth-order valence-corrected chi connectivity index (χ4v) is 3.08. The highest BCUT2D eigenvalue weighted by molar-refractivity contribution is 5.88.